The van der Waals surface area contributed by atoms with Crippen molar-refractivity contribution in [1.82, 2.24) is 0 Å². The number of rotatable bonds is 4. The van der Waals surface area contributed by atoms with Gasteiger partial charge >= 0.3 is 0 Å². The van der Waals surface area contributed by atoms with E-state index in [9.17, 15) is 8.42 Å². The first-order valence-electron chi connectivity index (χ1n) is 4.51. The molecule has 0 spiro atoms. The van der Waals surface area contributed by atoms with E-state index in [4.69, 9.17) is 5.84 Å². The van der Waals surface area contributed by atoms with Crippen molar-refractivity contribution in [2.45, 2.75) is 12.7 Å². The van der Waals surface area contributed by atoms with Gasteiger partial charge in [-0.2, -0.15) is 5.10 Å². The molecule has 0 aliphatic carbocycles. The molecule has 0 aliphatic heterocycles. The van der Waals surface area contributed by atoms with E-state index in [1.807, 2.05) is 18.2 Å². The number of benzene rings is 1. The lowest BCUT2D eigenvalue weighted by Crippen LogP contribution is -2.16. The second kappa shape index (κ2) is 4.93. The summed E-state index contributed by atoms with van der Waals surface area (Å²) in [6.07, 6.45) is 0. The van der Waals surface area contributed by atoms with Gasteiger partial charge in [-0.1, -0.05) is 30.3 Å². The smallest absolute Gasteiger partial charge is 0.159 e. The molecule has 0 radical (unpaired) electrons. The van der Waals surface area contributed by atoms with Crippen LogP contribution in [-0.4, -0.2) is 19.9 Å². The molecule has 1 rings (SSSR count). The lowest BCUT2D eigenvalue weighted by atomic mass is 10.2. The summed E-state index contributed by atoms with van der Waals surface area (Å²) in [4.78, 5) is 0. The van der Waals surface area contributed by atoms with E-state index in [0.29, 0.717) is 5.71 Å². The highest BCUT2D eigenvalue weighted by Gasteiger charge is 2.13. The SMILES string of the molecule is CC(CS(=O)(=O)Cc1ccccc1)=NN. The van der Waals surface area contributed by atoms with Gasteiger partial charge in [0.2, 0.25) is 0 Å². The van der Waals surface area contributed by atoms with E-state index >= 15 is 0 Å². The Morgan fingerprint density at radius 2 is 1.93 bits per heavy atom. The lowest BCUT2D eigenvalue weighted by Gasteiger charge is -2.03. The van der Waals surface area contributed by atoms with Crippen LogP contribution in [0.25, 0.3) is 0 Å². The lowest BCUT2D eigenvalue weighted by molar-refractivity contribution is 0.599. The van der Waals surface area contributed by atoms with Crippen LogP contribution in [0.5, 0.6) is 0 Å². The van der Waals surface area contributed by atoms with Gasteiger partial charge in [0.15, 0.2) is 9.84 Å². The average molecular weight is 226 g/mol. The number of hydrogen-bond donors (Lipinski definition) is 1. The highest BCUT2D eigenvalue weighted by atomic mass is 32.2. The summed E-state index contributed by atoms with van der Waals surface area (Å²) >= 11 is 0. The van der Waals surface area contributed by atoms with Gasteiger partial charge in [0.25, 0.3) is 0 Å². The summed E-state index contributed by atoms with van der Waals surface area (Å²) < 4.78 is 23.3. The first-order chi connectivity index (χ1) is 7.03. The Morgan fingerprint density at radius 1 is 1.33 bits per heavy atom. The van der Waals surface area contributed by atoms with E-state index in [2.05, 4.69) is 5.10 Å². The zero-order valence-corrected chi connectivity index (χ0v) is 9.37. The highest BCUT2D eigenvalue weighted by molar-refractivity contribution is 7.91. The van der Waals surface area contributed by atoms with E-state index < -0.39 is 9.84 Å². The Kier molecular flexibility index (Phi) is 3.85. The molecule has 0 bridgehead atoms. The maximum absolute atomic E-state index is 11.6. The van der Waals surface area contributed by atoms with Crippen molar-refractivity contribution in [3.8, 4) is 0 Å². The van der Waals surface area contributed by atoms with Crippen LogP contribution >= 0.6 is 0 Å². The standard InChI is InChI=1S/C10H14N2O2S/c1-9(12-11)7-15(13,14)8-10-5-3-2-4-6-10/h2-6H,7-8,11H2,1H3. The molecule has 0 heterocycles. The molecule has 2 N–H and O–H groups in total. The van der Waals surface area contributed by atoms with E-state index in [1.165, 1.54) is 0 Å². The van der Waals surface area contributed by atoms with Crippen LogP contribution in [0.3, 0.4) is 0 Å². The van der Waals surface area contributed by atoms with Crippen molar-refractivity contribution in [2.75, 3.05) is 5.75 Å². The minimum atomic E-state index is -3.16. The topological polar surface area (TPSA) is 72.5 Å². The van der Waals surface area contributed by atoms with Gasteiger partial charge in [-0.25, -0.2) is 8.42 Å². The molecule has 15 heavy (non-hydrogen) atoms. The molecule has 0 saturated carbocycles. The van der Waals surface area contributed by atoms with Crippen molar-refractivity contribution >= 4 is 15.5 Å². The van der Waals surface area contributed by atoms with Gasteiger partial charge < -0.3 is 5.84 Å². The third-order valence-electron chi connectivity index (χ3n) is 1.88. The summed E-state index contributed by atoms with van der Waals surface area (Å²) in [5.41, 5.74) is 1.20. The zero-order chi connectivity index (χ0) is 11.3. The molecule has 0 unspecified atom stereocenters. The molecular weight excluding hydrogens is 212 g/mol. The highest BCUT2D eigenvalue weighted by Crippen LogP contribution is 2.06. The van der Waals surface area contributed by atoms with E-state index in [0.717, 1.165) is 5.56 Å². The predicted molar refractivity (Wildman–Crippen MR) is 61.2 cm³/mol. The molecule has 5 heteroatoms. The van der Waals surface area contributed by atoms with E-state index in [-0.39, 0.29) is 11.5 Å². The molecule has 1 aromatic carbocycles. The third-order valence-corrected chi connectivity index (χ3v) is 3.51. The van der Waals surface area contributed by atoms with Gasteiger partial charge in [-0.15, -0.1) is 0 Å². The van der Waals surface area contributed by atoms with E-state index in [1.54, 1.807) is 19.1 Å². The maximum Gasteiger partial charge on any atom is 0.159 e. The van der Waals surface area contributed by atoms with Gasteiger partial charge in [-0.3, -0.25) is 0 Å². The molecule has 1 aromatic rings. The second-order valence-corrected chi connectivity index (χ2v) is 5.45. The number of hydrazone groups is 1. The van der Waals surface area contributed by atoms with Crippen molar-refractivity contribution in [2.24, 2.45) is 10.9 Å². The molecule has 0 aliphatic rings. The number of nitrogens with two attached hydrogens (primary N) is 1. The monoisotopic (exact) mass is 226 g/mol. The van der Waals surface area contributed by atoms with Crippen molar-refractivity contribution in [3.05, 3.63) is 35.9 Å². The van der Waals surface area contributed by atoms with Gasteiger partial charge in [0.05, 0.1) is 11.5 Å². The summed E-state index contributed by atoms with van der Waals surface area (Å²) in [5, 5.41) is 3.35. The molecule has 0 saturated heterocycles. The van der Waals surface area contributed by atoms with Crippen LogP contribution in [0.2, 0.25) is 0 Å². The Labute approximate surface area is 89.7 Å². The van der Waals surface area contributed by atoms with Crippen molar-refractivity contribution in [3.63, 3.8) is 0 Å². The summed E-state index contributed by atoms with van der Waals surface area (Å²) in [6.45, 7) is 1.60. The first kappa shape index (κ1) is 11.7. The minimum absolute atomic E-state index is 0.0285. The van der Waals surface area contributed by atoms with Crippen LogP contribution in [0, 0.1) is 0 Å². The number of nitrogens with zero attached hydrogens (tertiary/aromatic N) is 1. The minimum Gasteiger partial charge on any atom is -0.323 e. The molecular formula is C10H14N2O2S. The van der Waals surface area contributed by atoms with Gasteiger partial charge in [0, 0.05) is 5.71 Å². The fourth-order valence-corrected chi connectivity index (χ4v) is 2.75. The maximum atomic E-state index is 11.6. The van der Waals surface area contributed by atoms with Crippen LogP contribution in [-0.2, 0) is 15.6 Å². The first-order valence-corrected chi connectivity index (χ1v) is 6.33. The molecule has 0 fully saturated rings. The summed E-state index contributed by atoms with van der Waals surface area (Å²) in [7, 11) is -3.16. The molecule has 0 aromatic heterocycles. The Hall–Kier alpha value is -1.36. The normalized spacial score (nSPS) is 12.7. The fraction of sp³-hybridized carbons (Fsp3) is 0.300. The molecule has 0 amide bonds. The van der Waals surface area contributed by atoms with Crippen LogP contribution < -0.4 is 5.84 Å². The third kappa shape index (κ3) is 4.12. The Morgan fingerprint density at radius 3 is 2.47 bits per heavy atom. The van der Waals surface area contributed by atoms with Gasteiger partial charge in [-0.05, 0) is 12.5 Å². The number of sulfone groups is 1. The fourth-order valence-electron chi connectivity index (χ4n) is 1.23. The van der Waals surface area contributed by atoms with Crippen molar-refractivity contribution < 1.29 is 8.42 Å². The largest absolute Gasteiger partial charge is 0.323 e. The number of hydrogen-bond acceptors (Lipinski definition) is 4. The Balaban J connectivity index is 2.74. The average Bonchev–Trinajstić information content (AvgIpc) is 2.17. The summed E-state index contributed by atoms with van der Waals surface area (Å²) in [5.74, 6) is 4.94. The second-order valence-electron chi connectivity index (χ2n) is 3.38. The quantitative estimate of drug-likeness (QED) is 0.471. The van der Waals surface area contributed by atoms with Gasteiger partial charge in [0.1, 0.15) is 0 Å². The van der Waals surface area contributed by atoms with Crippen molar-refractivity contribution in [1.29, 1.82) is 0 Å². The predicted octanol–water partition coefficient (Wildman–Crippen LogP) is 0.936. The zero-order valence-electron chi connectivity index (χ0n) is 8.55. The molecule has 4 nitrogen and oxygen atoms in total. The van der Waals surface area contributed by atoms with Crippen LogP contribution in [0.15, 0.2) is 35.4 Å². The molecule has 82 valence electrons. The Bertz CT molecular complexity index is 438. The van der Waals surface area contributed by atoms with Crippen LogP contribution in [0.4, 0.5) is 0 Å². The molecule has 0 atom stereocenters. The summed E-state index contributed by atoms with van der Waals surface area (Å²) in [6, 6.07) is 9.05. The van der Waals surface area contributed by atoms with Crippen LogP contribution in [0.1, 0.15) is 12.5 Å².